The van der Waals surface area contributed by atoms with Crippen molar-refractivity contribution in [2.75, 3.05) is 19.7 Å². The zero-order chi connectivity index (χ0) is 12.6. The molecule has 2 nitrogen and oxygen atoms in total. The number of piperidine rings is 1. The Balaban J connectivity index is 2.01. The average Bonchev–Trinajstić information content (AvgIpc) is 2.46. The predicted molar refractivity (Wildman–Crippen MR) is 75.5 cm³/mol. The van der Waals surface area contributed by atoms with Crippen LogP contribution in [-0.4, -0.2) is 24.6 Å². The number of benzene rings is 1. The molecule has 0 amide bonds. The van der Waals surface area contributed by atoms with E-state index < -0.39 is 0 Å². The van der Waals surface area contributed by atoms with Gasteiger partial charge < -0.3 is 4.74 Å². The Morgan fingerprint density at radius 2 is 1.83 bits per heavy atom. The lowest BCUT2D eigenvalue weighted by atomic mass is 10.1. The molecule has 0 N–H and O–H groups in total. The molecular weight excluding hydrogens is 222 g/mol. The van der Waals surface area contributed by atoms with Crippen LogP contribution in [0.4, 0.5) is 0 Å². The molecule has 0 radical (unpaired) electrons. The maximum Gasteiger partial charge on any atom is 0.136 e. The van der Waals surface area contributed by atoms with Gasteiger partial charge in [-0.3, -0.25) is 4.90 Å². The Kier molecular flexibility index (Phi) is 5.69. The summed E-state index contributed by atoms with van der Waals surface area (Å²) in [6.45, 7) is 5.42. The van der Waals surface area contributed by atoms with Crippen molar-refractivity contribution in [1.82, 2.24) is 4.90 Å². The fourth-order valence-electron chi connectivity index (χ4n) is 2.52. The van der Waals surface area contributed by atoms with E-state index in [0.717, 1.165) is 13.0 Å². The molecule has 18 heavy (non-hydrogen) atoms. The Morgan fingerprint density at radius 3 is 2.50 bits per heavy atom. The summed E-state index contributed by atoms with van der Waals surface area (Å²) in [4.78, 5) is 2.49. The highest BCUT2D eigenvalue weighted by Gasteiger charge is 2.22. The van der Waals surface area contributed by atoms with Gasteiger partial charge in [-0.15, -0.1) is 0 Å². The van der Waals surface area contributed by atoms with Gasteiger partial charge in [0, 0.05) is 19.7 Å². The highest BCUT2D eigenvalue weighted by atomic mass is 16.5. The summed E-state index contributed by atoms with van der Waals surface area (Å²) >= 11 is 0. The van der Waals surface area contributed by atoms with Gasteiger partial charge in [-0.05, 0) is 24.8 Å². The first kappa shape index (κ1) is 13.6. The molecule has 2 rings (SSSR count). The normalized spacial score (nSPS) is 18.7. The van der Waals surface area contributed by atoms with E-state index in [1.165, 1.54) is 44.3 Å². The van der Waals surface area contributed by atoms with Gasteiger partial charge in [-0.25, -0.2) is 0 Å². The average molecular weight is 247 g/mol. The van der Waals surface area contributed by atoms with E-state index in [-0.39, 0.29) is 6.23 Å². The van der Waals surface area contributed by atoms with Gasteiger partial charge in [-0.2, -0.15) is 0 Å². The number of hydrogen-bond donors (Lipinski definition) is 0. The molecule has 0 unspecified atom stereocenters. The number of rotatable bonds is 6. The van der Waals surface area contributed by atoms with E-state index in [1.807, 2.05) is 0 Å². The first-order valence-corrected chi connectivity index (χ1v) is 7.32. The molecule has 0 saturated carbocycles. The second-order valence-electron chi connectivity index (χ2n) is 5.08. The summed E-state index contributed by atoms with van der Waals surface area (Å²) < 4.78 is 6.13. The zero-order valence-corrected chi connectivity index (χ0v) is 11.5. The molecule has 1 aliphatic rings. The third-order valence-electron chi connectivity index (χ3n) is 3.58. The van der Waals surface area contributed by atoms with Gasteiger partial charge in [0.2, 0.25) is 0 Å². The van der Waals surface area contributed by atoms with E-state index in [4.69, 9.17) is 4.74 Å². The topological polar surface area (TPSA) is 12.5 Å². The Bertz CT molecular complexity index is 319. The van der Waals surface area contributed by atoms with E-state index in [9.17, 15) is 0 Å². The van der Waals surface area contributed by atoms with Crippen LogP contribution >= 0.6 is 0 Å². The van der Waals surface area contributed by atoms with Gasteiger partial charge in [0.25, 0.3) is 0 Å². The van der Waals surface area contributed by atoms with Crippen molar-refractivity contribution < 1.29 is 4.74 Å². The molecule has 2 heteroatoms. The van der Waals surface area contributed by atoms with E-state index in [0.29, 0.717) is 0 Å². The minimum Gasteiger partial charge on any atom is -0.359 e. The number of unbranched alkanes of at least 4 members (excludes halogenated alkanes) is 1. The van der Waals surface area contributed by atoms with Crippen molar-refractivity contribution in [3.8, 4) is 0 Å². The minimum absolute atomic E-state index is 0.165. The lowest BCUT2D eigenvalue weighted by molar-refractivity contribution is -0.0708. The van der Waals surface area contributed by atoms with Crippen molar-refractivity contribution >= 4 is 0 Å². The number of hydrogen-bond acceptors (Lipinski definition) is 2. The molecule has 100 valence electrons. The van der Waals surface area contributed by atoms with Gasteiger partial charge >= 0.3 is 0 Å². The Morgan fingerprint density at radius 1 is 1.11 bits per heavy atom. The summed E-state index contributed by atoms with van der Waals surface area (Å²) in [5, 5.41) is 0. The largest absolute Gasteiger partial charge is 0.359 e. The quantitative estimate of drug-likeness (QED) is 0.705. The first-order chi connectivity index (χ1) is 8.92. The Hall–Kier alpha value is -0.860. The molecule has 0 spiro atoms. The maximum absolute atomic E-state index is 6.13. The minimum atomic E-state index is 0.165. The molecule has 1 heterocycles. The third kappa shape index (κ3) is 3.82. The highest BCUT2D eigenvalue weighted by molar-refractivity contribution is 5.17. The molecule has 1 saturated heterocycles. The fraction of sp³-hybridized carbons (Fsp3) is 0.625. The van der Waals surface area contributed by atoms with Gasteiger partial charge in [-0.1, -0.05) is 50.1 Å². The molecule has 1 aromatic carbocycles. The third-order valence-corrected chi connectivity index (χ3v) is 3.58. The van der Waals surface area contributed by atoms with Crippen molar-refractivity contribution in [2.45, 2.75) is 45.3 Å². The van der Waals surface area contributed by atoms with Crippen molar-refractivity contribution in [3.63, 3.8) is 0 Å². The SMILES string of the molecule is CCCCO[C@@H](c1ccccc1)N1CCCCC1. The number of nitrogens with zero attached hydrogens (tertiary/aromatic N) is 1. The molecule has 0 bridgehead atoms. The van der Waals surface area contributed by atoms with Crippen LogP contribution in [0.25, 0.3) is 0 Å². The smallest absolute Gasteiger partial charge is 0.136 e. The summed E-state index contributed by atoms with van der Waals surface area (Å²) in [5.74, 6) is 0. The van der Waals surface area contributed by atoms with Crippen molar-refractivity contribution in [3.05, 3.63) is 35.9 Å². The molecule has 0 aliphatic carbocycles. The highest BCUT2D eigenvalue weighted by Crippen LogP contribution is 2.25. The lowest BCUT2D eigenvalue weighted by Gasteiger charge is -2.34. The zero-order valence-electron chi connectivity index (χ0n) is 11.5. The molecule has 1 atom stereocenters. The van der Waals surface area contributed by atoms with Crippen LogP contribution in [0.15, 0.2) is 30.3 Å². The van der Waals surface area contributed by atoms with Gasteiger partial charge in [0.15, 0.2) is 0 Å². The fourth-order valence-corrected chi connectivity index (χ4v) is 2.52. The second kappa shape index (κ2) is 7.55. The second-order valence-corrected chi connectivity index (χ2v) is 5.08. The summed E-state index contributed by atoms with van der Waals surface area (Å²) in [5.41, 5.74) is 1.30. The van der Waals surface area contributed by atoms with Crippen LogP contribution in [-0.2, 0) is 4.74 Å². The monoisotopic (exact) mass is 247 g/mol. The van der Waals surface area contributed by atoms with E-state index >= 15 is 0 Å². The van der Waals surface area contributed by atoms with Crippen LogP contribution < -0.4 is 0 Å². The molecular formula is C16H25NO. The van der Waals surface area contributed by atoms with E-state index in [2.05, 4.69) is 42.2 Å². The summed E-state index contributed by atoms with van der Waals surface area (Å²) in [6.07, 6.45) is 6.49. The van der Waals surface area contributed by atoms with Gasteiger partial charge in [0.1, 0.15) is 6.23 Å². The molecule has 0 aromatic heterocycles. The van der Waals surface area contributed by atoms with Crippen LogP contribution in [0.2, 0.25) is 0 Å². The van der Waals surface area contributed by atoms with Crippen LogP contribution in [0, 0.1) is 0 Å². The standard InChI is InChI=1S/C16H25NO/c1-2-3-14-18-16(15-10-6-4-7-11-15)17-12-8-5-9-13-17/h4,6-7,10-11,16H,2-3,5,8-9,12-14H2,1H3/t16-/m0/s1. The Labute approximate surface area is 111 Å². The molecule has 1 aliphatic heterocycles. The summed E-state index contributed by atoms with van der Waals surface area (Å²) in [6, 6.07) is 10.7. The summed E-state index contributed by atoms with van der Waals surface area (Å²) in [7, 11) is 0. The number of ether oxygens (including phenoxy) is 1. The maximum atomic E-state index is 6.13. The predicted octanol–water partition coefficient (Wildman–Crippen LogP) is 3.99. The van der Waals surface area contributed by atoms with Crippen molar-refractivity contribution in [1.29, 1.82) is 0 Å². The van der Waals surface area contributed by atoms with E-state index in [1.54, 1.807) is 0 Å². The van der Waals surface area contributed by atoms with Gasteiger partial charge in [0.05, 0.1) is 0 Å². The number of likely N-dealkylation sites (tertiary alicyclic amines) is 1. The van der Waals surface area contributed by atoms with Crippen LogP contribution in [0.1, 0.15) is 50.8 Å². The van der Waals surface area contributed by atoms with Crippen LogP contribution in [0.5, 0.6) is 0 Å². The first-order valence-electron chi connectivity index (χ1n) is 7.32. The molecule has 1 aromatic rings. The van der Waals surface area contributed by atoms with Crippen molar-refractivity contribution in [2.24, 2.45) is 0 Å². The lowest BCUT2D eigenvalue weighted by Crippen LogP contribution is -2.35. The molecule has 1 fully saturated rings. The van der Waals surface area contributed by atoms with Crippen LogP contribution in [0.3, 0.4) is 0 Å².